The second kappa shape index (κ2) is 8.86. The van der Waals surface area contributed by atoms with Crippen LogP contribution in [0.1, 0.15) is 29.2 Å². The molecule has 1 saturated heterocycles. The Balaban J connectivity index is 1.54. The lowest BCUT2D eigenvalue weighted by Crippen LogP contribution is -2.43. The van der Waals surface area contributed by atoms with Gasteiger partial charge in [-0.25, -0.2) is 0 Å². The summed E-state index contributed by atoms with van der Waals surface area (Å²) in [7, 11) is 0. The normalized spacial score (nSPS) is 15.6. The van der Waals surface area contributed by atoms with Crippen LogP contribution in [0.15, 0.2) is 47.6 Å². The number of hydrazone groups is 1. The molecule has 0 aromatic heterocycles. The maximum atomic E-state index is 5.66. The molecule has 1 aliphatic heterocycles. The molecule has 0 N–H and O–H groups in total. The van der Waals surface area contributed by atoms with Crippen molar-refractivity contribution in [3.63, 3.8) is 0 Å². The molecule has 0 unspecified atom stereocenters. The summed E-state index contributed by atoms with van der Waals surface area (Å²) in [5, 5.41) is 6.82. The highest BCUT2D eigenvalue weighted by Crippen LogP contribution is 2.17. The zero-order valence-electron chi connectivity index (χ0n) is 16.1. The highest BCUT2D eigenvalue weighted by Gasteiger charge is 2.16. The first-order chi connectivity index (χ1) is 12.7. The van der Waals surface area contributed by atoms with E-state index in [1.54, 1.807) is 0 Å². The van der Waals surface area contributed by atoms with Gasteiger partial charge < -0.3 is 4.74 Å². The second-order valence-electron chi connectivity index (χ2n) is 6.88. The minimum atomic E-state index is 0.669. The highest BCUT2D eigenvalue weighted by molar-refractivity contribution is 5.83. The van der Waals surface area contributed by atoms with Crippen molar-refractivity contribution in [2.24, 2.45) is 5.10 Å². The lowest BCUT2D eigenvalue weighted by atomic mass is 10.1. The fourth-order valence-electron chi connectivity index (χ4n) is 3.29. The van der Waals surface area contributed by atoms with E-state index in [1.807, 2.05) is 37.4 Å². The smallest absolute Gasteiger partial charge is 0.128 e. The Kier molecular flexibility index (Phi) is 6.29. The summed E-state index contributed by atoms with van der Waals surface area (Å²) in [5.74, 6) is 0.896. The third-order valence-corrected chi connectivity index (χ3v) is 4.82. The molecule has 0 radical (unpaired) electrons. The van der Waals surface area contributed by atoms with Gasteiger partial charge in [-0.1, -0.05) is 35.9 Å². The molecule has 4 nitrogen and oxygen atoms in total. The summed E-state index contributed by atoms with van der Waals surface area (Å²) in [5.41, 5.74) is 5.18. The Bertz CT molecular complexity index is 749. The summed E-state index contributed by atoms with van der Waals surface area (Å²) >= 11 is 0. The van der Waals surface area contributed by atoms with Crippen LogP contribution >= 0.6 is 0 Å². The van der Waals surface area contributed by atoms with Crippen LogP contribution in [-0.2, 0) is 6.54 Å². The van der Waals surface area contributed by atoms with Gasteiger partial charge in [0.1, 0.15) is 5.75 Å². The molecule has 0 bridgehead atoms. The van der Waals surface area contributed by atoms with Crippen molar-refractivity contribution in [2.45, 2.75) is 27.3 Å². The Morgan fingerprint density at radius 1 is 1.04 bits per heavy atom. The van der Waals surface area contributed by atoms with Crippen LogP contribution in [0.5, 0.6) is 5.75 Å². The number of hydrogen-bond donors (Lipinski definition) is 0. The topological polar surface area (TPSA) is 28.1 Å². The molecule has 0 spiro atoms. The number of para-hydroxylation sites is 1. The lowest BCUT2D eigenvalue weighted by Gasteiger charge is -2.33. The summed E-state index contributed by atoms with van der Waals surface area (Å²) in [6, 6.07) is 14.8. The van der Waals surface area contributed by atoms with Crippen LogP contribution in [-0.4, -0.2) is 48.9 Å². The Labute approximate surface area is 157 Å². The van der Waals surface area contributed by atoms with E-state index in [1.165, 1.54) is 16.7 Å². The fourth-order valence-corrected chi connectivity index (χ4v) is 3.29. The van der Waals surface area contributed by atoms with Crippen LogP contribution in [0.3, 0.4) is 0 Å². The molecule has 1 fully saturated rings. The Morgan fingerprint density at radius 3 is 2.54 bits per heavy atom. The fraction of sp³-hybridized carbons (Fsp3) is 0.409. The predicted molar refractivity (Wildman–Crippen MR) is 108 cm³/mol. The van der Waals surface area contributed by atoms with E-state index < -0.39 is 0 Å². The minimum absolute atomic E-state index is 0.669. The molecule has 0 saturated carbocycles. The Hall–Kier alpha value is -2.33. The molecule has 2 aromatic carbocycles. The van der Waals surface area contributed by atoms with Gasteiger partial charge in [0.2, 0.25) is 0 Å². The minimum Gasteiger partial charge on any atom is -0.493 e. The van der Waals surface area contributed by atoms with E-state index in [0.29, 0.717) is 6.61 Å². The SMILES string of the molecule is CCOc1ccccc1/C=N\N1CCN(Cc2ccc(C)cc2C)CC1. The zero-order valence-corrected chi connectivity index (χ0v) is 16.1. The molecule has 1 aliphatic rings. The van der Waals surface area contributed by atoms with Crippen LogP contribution < -0.4 is 4.74 Å². The first-order valence-corrected chi connectivity index (χ1v) is 9.45. The van der Waals surface area contributed by atoms with E-state index in [-0.39, 0.29) is 0 Å². The third kappa shape index (κ3) is 4.85. The number of aryl methyl sites for hydroxylation is 2. The monoisotopic (exact) mass is 351 g/mol. The first kappa shape index (κ1) is 18.5. The van der Waals surface area contributed by atoms with Gasteiger partial charge >= 0.3 is 0 Å². The number of nitrogens with zero attached hydrogens (tertiary/aromatic N) is 3. The molecular weight excluding hydrogens is 322 g/mol. The van der Waals surface area contributed by atoms with Gasteiger partial charge in [-0.3, -0.25) is 9.91 Å². The van der Waals surface area contributed by atoms with Crippen LogP contribution in [0.4, 0.5) is 0 Å². The summed E-state index contributed by atoms with van der Waals surface area (Å²) in [4.78, 5) is 2.51. The number of hydrogen-bond acceptors (Lipinski definition) is 4. The molecular formula is C22H29N3O. The Morgan fingerprint density at radius 2 is 1.81 bits per heavy atom. The standard InChI is InChI=1S/C22H29N3O/c1-4-26-22-8-6-5-7-20(22)16-23-25-13-11-24(12-14-25)17-21-10-9-18(2)15-19(21)3/h5-10,15-16H,4,11-14,17H2,1-3H3/b23-16-. The number of benzene rings is 2. The van der Waals surface area contributed by atoms with Gasteiger partial charge in [0.25, 0.3) is 0 Å². The van der Waals surface area contributed by atoms with Crippen LogP contribution in [0.25, 0.3) is 0 Å². The molecule has 0 amide bonds. The van der Waals surface area contributed by atoms with Crippen molar-refractivity contribution in [1.29, 1.82) is 0 Å². The van der Waals surface area contributed by atoms with Gasteiger partial charge in [-0.05, 0) is 44.0 Å². The maximum Gasteiger partial charge on any atom is 0.128 e. The molecule has 138 valence electrons. The molecule has 1 heterocycles. The highest BCUT2D eigenvalue weighted by atomic mass is 16.5. The van der Waals surface area contributed by atoms with Gasteiger partial charge in [-0.15, -0.1) is 0 Å². The van der Waals surface area contributed by atoms with Crippen molar-refractivity contribution in [2.75, 3.05) is 32.8 Å². The van der Waals surface area contributed by atoms with Crippen LogP contribution in [0, 0.1) is 13.8 Å². The van der Waals surface area contributed by atoms with E-state index >= 15 is 0 Å². The van der Waals surface area contributed by atoms with E-state index in [2.05, 4.69) is 47.1 Å². The number of rotatable bonds is 6. The van der Waals surface area contributed by atoms with E-state index in [9.17, 15) is 0 Å². The van der Waals surface area contributed by atoms with Gasteiger partial charge in [0.05, 0.1) is 12.8 Å². The second-order valence-corrected chi connectivity index (χ2v) is 6.88. The predicted octanol–water partition coefficient (Wildman–Crippen LogP) is 3.85. The number of piperazine rings is 1. The lowest BCUT2D eigenvalue weighted by molar-refractivity contribution is 0.131. The largest absolute Gasteiger partial charge is 0.493 e. The van der Waals surface area contributed by atoms with E-state index in [4.69, 9.17) is 4.74 Å². The summed E-state index contributed by atoms with van der Waals surface area (Å²) < 4.78 is 5.66. The average Bonchev–Trinajstić information content (AvgIpc) is 2.65. The van der Waals surface area contributed by atoms with Gasteiger partial charge in [0.15, 0.2) is 0 Å². The maximum absolute atomic E-state index is 5.66. The molecule has 0 aliphatic carbocycles. The van der Waals surface area contributed by atoms with E-state index in [0.717, 1.165) is 44.0 Å². The molecule has 26 heavy (non-hydrogen) atoms. The zero-order chi connectivity index (χ0) is 18.4. The summed E-state index contributed by atoms with van der Waals surface area (Å²) in [6.45, 7) is 12.0. The molecule has 2 aromatic rings. The quantitative estimate of drug-likeness (QED) is 0.740. The third-order valence-electron chi connectivity index (χ3n) is 4.82. The van der Waals surface area contributed by atoms with Gasteiger partial charge in [0, 0.05) is 38.3 Å². The molecule has 3 rings (SSSR count). The number of ether oxygens (including phenoxy) is 1. The van der Waals surface area contributed by atoms with Crippen molar-refractivity contribution < 1.29 is 4.74 Å². The van der Waals surface area contributed by atoms with Crippen molar-refractivity contribution in [3.8, 4) is 5.75 Å². The van der Waals surface area contributed by atoms with Crippen LogP contribution in [0.2, 0.25) is 0 Å². The van der Waals surface area contributed by atoms with Crippen molar-refractivity contribution in [3.05, 3.63) is 64.7 Å². The average molecular weight is 351 g/mol. The summed E-state index contributed by atoms with van der Waals surface area (Å²) in [6.07, 6.45) is 1.92. The van der Waals surface area contributed by atoms with Gasteiger partial charge in [-0.2, -0.15) is 5.10 Å². The van der Waals surface area contributed by atoms with Crippen molar-refractivity contribution >= 4 is 6.21 Å². The molecule has 4 heteroatoms. The molecule has 0 atom stereocenters. The first-order valence-electron chi connectivity index (χ1n) is 9.45. The van der Waals surface area contributed by atoms with Crippen molar-refractivity contribution in [1.82, 2.24) is 9.91 Å².